The lowest BCUT2D eigenvalue weighted by Crippen LogP contribution is -2.40. The molecule has 2 aromatic heterocycles. The van der Waals surface area contributed by atoms with Gasteiger partial charge in [-0.15, -0.1) is 0 Å². The minimum absolute atomic E-state index is 0.00243. The highest BCUT2D eigenvalue weighted by molar-refractivity contribution is 6.30. The number of piperidine rings is 1. The number of halogens is 7. The van der Waals surface area contributed by atoms with E-state index in [1.807, 2.05) is 10.00 Å². The molecule has 1 aliphatic carbocycles. The molecule has 3 aliphatic rings. The fourth-order valence-electron chi connectivity index (χ4n) is 6.42. The minimum Gasteiger partial charge on any atom is -0.444 e. The second kappa shape index (κ2) is 11.7. The Morgan fingerprint density at radius 2 is 1.88 bits per heavy atom. The molecule has 15 heteroatoms. The van der Waals surface area contributed by atoms with Crippen LogP contribution in [0.3, 0.4) is 0 Å². The van der Waals surface area contributed by atoms with Crippen molar-refractivity contribution in [3.63, 3.8) is 0 Å². The number of rotatable bonds is 7. The van der Waals surface area contributed by atoms with Gasteiger partial charge < -0.3 is 9.47 Å². The van der Waals surface area contributed by atoms with E-state index in [-0.39, 0.29) is 46.6 Å². The summed E-state index contributed by atoms with van der Waals surface area (Å²) < 4.78 is 97.0. The third-order valence-corrected chi connectivity index (χ3v) is 9.43. The van der Waals surface area contributed by atoms with Gasteiger partial charge in [-0.1, -0.05) is 17.7 Å². The van der Waals surface area contributed by atoms with Gasteiger partial charge in [0.05, 0.1) is 22.7 Å². The van der Waals surface area contributed by atoms with Gasteiger partial charge in [0.25, 0.3) is 5.79 Å². The first-order chi connectivity index (χ1) is 22.8. The van der Waals surface area contributed by atoms with Gasteiger partial charge in [-0.2, -0.15) is 23.5 Å². The zero-order valence-electron chi connectivity index (χ0n) is 25.3. The normalized spacial score (nSPS) is 23.2. The number of nitrogens with zero attached hydrogens (tertiary/aromatic N) is 5. The largest absolute Gasteiger partial charge is 0.451 e. The van der Waals surface area contributed by atoms with E-state index in [1.54, 1.807) is 6.07 Å². The Bertz CT molecular complexity index is 1940. The molecule has 8 nitrogen and oxygen atoms in total. The van der Waals surface area contributed by atoms with Gasteiger partial charge >= 0.3 is 6.18 Å². The maximum absolute atomic E-state index is 16.0. The molecule has 7 rings (SSSR count). The quantitative estimate of drug-likeness (QED) is 0.199. The van der Waals surface area contributed by atoms with E-state index in [0.717, 1.165) is 6.07 Å². The summed E-state index contributed by atoms with van der Waals surface area (Å²) in [6.45, 7) is 2.08. The van der Waals surface area contributed by atoms with E-state index in [2.05, 4.69) is 21.1 Å². The maximum Gasteiger partial charge on any atom is 0.451 e. The van der Waals surface area contributed by atoms with Crippen LogP contribution in [0.25, 0.3) is 11.4 Å². The van der Waals surface area contributed by atoms with Crippen LogP contribution in [0.15, 0.2) is 42.6 Å². The molecule has 1 N–H and O–H groups in total. The molecule has 250 valence electrons. The van der Waals surface area contributed by atoms with Gasteiger partial charge in [-0.05, 0) is 68.1 Å². The van der Waals surface area contributed by atoms with Crippen LogP contribution < -0.4 is 9.47 Å². The van der Waals surface area contributed by atoms with Gasteiger partial charge in [0.15, 0.2) is 17.4 Å². The molecule has 2 fully saturated rings. The first-order valence-corrected chi connectivity index (χ1v) is 15.6. The average molecular weight is 689 g/mol. The predicted octanol–water partition coefficient (Wildman–Crippen LogP) is 7.64. The lowest BCUT2D eigenvalue weighted by molar-refractivity contribution is -0.144. The highest BCUT2D eigenvalue weighted by atomic mass is 35.5. The third-order valence-electron chi connectivity index (χ3n) is 9.20. The third kappa shape index (κ3) is 5.94. The number of fused-ring (bicyclic) bond motifs is 1. The highest BCUT2D eigenvalue weighted by Crippen LogP contribution is 2.52. The van der Waals surface area contributed by atoms with Crippen molar-refractivity contribution in [3.8, 4) is 29.0 Å². The van der Waals surface area contributed by atoms with E-state index >= 15 is 4.39 Å². The number of nitriles is 1. The van der Waals surface area contributed by atoms with Gasteiger partial charge in [0, 0.05) is 48.3 Å². The fraction of sp³-hybridized carbons (Fsp3) is 0.394. The van der Waals surface area contributed by atoms with Crippen LogP contribution in [0.2, 0.25) is 5.02 Å². The molecule has 2 aromatic carbocycles. The Labute approximate surface area is 275 Å². The van der Waals surface area contributed by atoms with Crippen molar-refractivity contribution in [2.75, 3.05) is 13.1 Å². The van der Waals surface area contributed by atoms with Crippen molar-refractivity contribution in [2.45, 2.75) is 63.2 Å². The average Bonchev–Trinajstić information content (AvgIpc) is 3.43. The van der Waals surface area contributed by atoms with Gasteiger partial charge in [-0.3, -0.25) is 15.0 Å². The van der Waals surface area contributed by atoms with Crippen molar-refractivity contribution in [1.82, 2.24) is 25.1 Å². The molecule has 48 heavy (non-hydrogen) atoms. The van der Waals surface area contributed by atoms with Crippen LogP contribution >= 0.6 is 11.6 Å². The number of aromatic nitrogens is 4. The lowest BCUT2D eigenvalue weighted by Gasteiger charge is -2.35. The minimum atomic E-state index is -4.70. The number of nitrogens with one attached hydrogen (secondary N) is 1. The number of hydrogen-bond donors (Lipinski definition) is 1. The van der Waals surface area contributed by atoms with Crippen molar-refractivity contribution < 1.29 is 35.8 Å². The number of ether oxygens (including phenoxy) is 2. The van der Waals surface area contributed by atoms with Crippen molar-refractivity contribution in [2.24, 2.45) is 5.41 Å². The van der Waals surface area contributed by atoms with Crippen molar-refractivity contribution in [1.29, 1.82) is 5.26 Å². The second-order valence-electron chi connectivity index (χ2n) is 12.6. The van der Waals surface area contributed by atoms with E-state index in [0.29, 0.717) is 49.0 Å². The molecule has 0 spiro atoms. The molecular formula is C33H27ClF6N6O2. The first kappa shape index (κ1) is 32.2. The van der Waals surface area contributed by atoms with Crippen molar-refractivity contribution >= 4 is 11.6 Å². The molecule has 4 heterocycles. The van der Waals surface area contributed by atoms with Gasteiger partial charge in [0.2, 0.25) is 11.6 Å². The molecule has 0 bridgehead atoms. The Hall–Kier alpha value is -4.35. The Morgan fingerprint density at radius 3 is 2.54 bits per heavy atom. The Morgan fingerprint density at radius 1 is 1.10 bits per heavy atom. The predicted molar refractivity (Wildman–Crippen MR) is 160 cm³/mol. The van der Waals surface area contributed by atoms with Crippen LogP contribution in [-0.4, -0.2) is 44.3 Å². The lowest BCUT2D eigenvalue weighted by atomic mass is 9.86. The Balaban J connectivity index is 1.11. The van der Waals surface area contributed by atoms with E-state index in [9.17, 15) is 27.2 Å². The number of H-pyrrole nitrogens is 1. The summed E-state index contributed by atoms with van der Waals surface area (Å²) in [6.07, 6.45) is -2.73. The highest BCUT2D eigenvalue weighted by Gasteiger charge is 2.46. The number of alkyl halides is 4. The van der Waals surface area contributed by atoms with E-state index < -0.39 is 46.9 Å². The number of aromatic amines is 1. The van der Waals surface area contributed by atoms with Crippen LogP contribution in [0.5, 0.6) is 11.5 Å². The molecule has 1 saturated carbocycles. The van der Waals surface area contributed by atoms with Crippen LogP contribution in [0.1, 0.15) is 60.3 Å². The van der Waals surface area contributed by atoms with Gasteiger partial charge in [0.1, 0.15) is 12.0 Å². The Kier molecular flexibility index (Phi) is 7.83. The summed E-state index contributed by atoms with van der Waals surface area (Å²) in [5.41, 5.74) is 1.29. The summed E-state index contributed by atoms with van der Waals surface area (Å²) in [6, 6.07) is 10.5. The standard InChI is InChI=1S/C33H27ClF6N6O2/c1-31(22-4-2-19(34)11-24(22)36)47-27-21(3-5-23(35)28(27)48-31)20-6-9-46(14-25(20)37)15-26-17(12-32(16-41)7-8-32)10-18(13-42-26)29-43-30(45-44-29)33(38,39)40/h2-5,10-11,13,20,25H,6-9,12,14-15H2,1H3,(H,43,44,45)/t20?,25-,31+/m0/s1. The molecule has 4 aromatic rings. The van der Waals surface area contributed by atoms with Crippen LogP contribution in [0.4, 0.5) is 26.3 Å². The first-order valence-electron chi connectivity index (χ1n) is 15.2. The van der Waals surface area contributed by atoms with Crippen molar-refractivity contribution in [3.05, 3.63) is 87.5 Å². The van der Waals surface area contributed by atoms with E-state index in [1.165, 1.54) is 37.4 Å². The molecular weight excluding hydrogens is 662 g/mol. The summed E-state index contributed by atoms with van der Waals surface area (Å²) in [5.74, 6) is -5.46. The molecule has 2 aliphatic heterocycles. The summed E-state index contributed by atoms with van der Waals surface area (Å²) in [5, 5.41) is 15.5. The number of pyridine rings is 1. The summed E-state index contributed by atoms with van der Waals surface area (Å²) >= 11 is 5.90. The smallest absolute Gasteiger partial charge is 0.444 e. The number of hydrogen-bond acceptors (Lipinski definition) is 7. The number of benzene rings is 2. The molecule has 0 radical (unpaired) electrons. The van der Waals surface area contributed by atoms with Gasteiger partial charge in [-0.25, -0.2) is 18.2 Å². The molecule has 0 amide bonds. The van der Waals surface area contributed by atoms with Crippen LogP contribution in [-0.2, 0) is 24.9 Å². The fourth-order valence-corrected chi connectivity index (χ4v) is 6.57. The van der Waals surface area contributed by atoms with Crippen LogP contribution in [0, 0.1) is 28.4 Å². The molecule has 1 unspecified atom stereocenters. The molecule has 3 atom stereocenters. The van der Waals surface area contributed by atoms with E-state index in [4.69, 9.17) is 21.1 Å². The zero-order chi connectivity index (χ0) is 34.0. The monoisotopic (exact) mass is 688 g/mol. The number of likely N-dealkylation sites (tertiary alicyclic amines) is 1. The summed E-state index contributed by atoms with van der Waals surface area (Å²) in [4.78, 5) is 9.94. The SMILES string of the molecule is C[C@]1(c2ccc(Cl)cc2F)Oc2c(F)ccc(C3CCN(Cc4ncc(-c5n[nH]c(C(F)(F)F)n5)cc4CC4(C#N)CC4)C[C@@H]3F)c2O1. The topological polar surface area (TPSA) is 100.0 Å². The molecule has 1 saturated heterocycles. The summed E-state index contributed by atoms with van der Waals surface area (Å²) in [7, 11) is 0. The second-order valence-corrected chi connectivity index (χ2v) is 13.1. The maximum atomic E-state index is 16.0. The zero-order valence-corrected chi connectivity index (χ0v) is 26.1.